The maximum atomic E-state index is 13.2. The summed E-state index contributed by atoms with van der Waals surface area (Å²) in [4.78, 5) is 17.5. The Labute approximate surface area is 187 Å². The van der Waals surface area contributed by atoms with E-state index in [1.165, 1.54) is 30.3 Å². The van der Waals surface area contributed by atoms with Crippen LogP contribution < -0.4 is 4.90 Å². The molecule has 1 aromatic heterocycles. The summed E-state index contributed by atoms with van der Waals surface area (Å²) in [5, 5.41) is 9.74. The molecule has 2 heterocycles. The number of carbonyl (C=O) groups is 1. The number of morpholine rings is 1. The van der Waals surface area contributed by atoms with E-state index in [4.69, 9.17) is 4.74 Å². The lowest BCUT2D eigenvalue weighted by atomic mass is 10.0. The first-order valence-electron chi connectivity index (χ1n) is 11.3. The smallest absolute Gasteiger partial charge is 0.237 e. The maximum absolute atomic E-state index is 13.2. The first-order chi connectivity index (χ1) is 15.3. The lowest BCUT2D eigenvalue weighted by Gasteiger charge is -2.28. The van der Waals surface area contributed by atoms with Gasteiger partial charge in [0.2, 0.25) is 11.9 Å². The van der Waals surface area contributed by atoms with Crippen LogP contribution in [0.1, 0.15) is 38.5 Å². The van der Waals surface area contributed by atoms with Gasteiger partial charge in [-0.2, -0.15) is 0 Å². The van der Waals surface area contributed by atoms with Crippen molar-refractivity contribution in [3.63, 3.8) is 0 Å². The number of hydrogen-bond donors (Lipinski definition) is 0. The van der Waals surface area contributed by atoms with Crippen molar-refractivity contribution in [2.75, 3.05) is 37.0 Å². The van der Waals surface area contributed by atoms with Crippen molar-refractivity contribution in [2.24, 2.45) is 0 Å². The molecule has 2 fully saturated rings. The van der Waals surface area contributed by atoms with Crippen molar-refractivity contribution in [3.05, 3.63) is 42.1 Å². The molecule has 0 radical (unpaired) electrons. The fraction of sp³-hybridized carbons (Fsp3) is 0.522. The summed E-state index contributed by atoms with van der Waals surface area (Å²) in [5.74, 6) is 1.39. The molecule has 164 valence electrons. The second-order valence-electron chi connectivity index (χ2n) is 8.28. The van der Waals surface area contributed by atoms with Crippen LogP contribution in [0.5, 0.6) is 0 Å². The zero-order valence-electron chi connectivity index (χ0n) is 17.8. The third-order valence-corrected chi connectivity index (χ3v) is 6.92. The van der Waals surface area contributed by atoms with Crippen LogP contribution in [0.3, 0.4) is 0 Å². The quantitative estimate of drug-likeness (QED) is 0.614. The van der Waals surface area contributed by atoms with Gasteiger partial charge >= 0.3 is 0 Å². The van der Waals surface area contributed by atoms with Gasteiger partial charge in [0.15, 0.2) is 5.16 Å². The number of aromatic nitrogens is 3. The molecule has 3 aliphatic rings. The number of thioether (sulfide) groups is 1. The number of amides is 1. The molecule has 5 rings (SSSR count). The maximum Gasteiger partial charge on any atom is 0.237 e. The minimum absolute atomic E-state index is 0.191. The standard InChI is InChI=1S/C23H29N5O2S/c29-21(27(20-11-12-20)18-7-3-1-4-8-18)17-31-23-25-24-22(26-13-15-30-16-14-26)28(23)19-9-5-2-6-10-19/h2,5-7,9-10,20H,1,3-4,8,11-17H2. The van der Waals surface area contributed by atoms with E-state index in [0.29, 0.717) is 25.0 Å². The number of anilines is 1. The summed E-state index contributed by atoms with van der Waals surface area (Å²) in [6, 6.07) is 10.5. The van der Waals surface area contributed by atoms with E-state index in [0.717, 1.165) is 55.6 Å². The number of rotatable bonds is 7. The number of nitrogens with zero attached hydrogens (tertiary/aromatic N) is 5. The Hall–Kier alpha value is -2.32. The Kier molecular flexibility index (Phi) is 6.27. The highest BCUT2D eigenvalue weighted by Crippen LogP contribution is 2.35. The zero-order chi connectivity index (χ0) is 21.0. The van der Waals surface area contributed by atoms with Crippen LogP contribution in [0, 0.1) is 0 Å². The summed E-state index contributed by atoms with van der Waals surface area (Å²) < 4.78 is 7.58. The second kappa shape index (κ2) is 9.44. The van der Waals surface area contributed by atoms with Gasteiger partial charge in [0, 0.05) is 24.8 Å². The molecular weight excluding hydrogens is 410 g/mol. The highest BCUT2D eigenvalue weighted by atomic mass is 32.2. The molecule has 1 saturated carbocycles. The Morgan fingerprint density at radius 1 is 1.13 bits per heavy atom. The van der Waals surface area contributed by atoms with E-state index in [9.17, 15) is 4.79 Å². The van der Waals surface area contributed by atoms with Gasteiger partial charge in [-0.25, -0.2) is 0 Å². The summed E-state index contributed by atoms with van der Waals surface area (Å²) in [5.41, 5.74) is 2.25. The Morgan fingerprint density at radius 2 is 1.94 bits per heavy atom. The van der Waals surface area contributed by atoms with Crippen molar-refractivity contribution >= 4 is 23.6 Å². The lowest BCUT2D eigenvalue weighted by molar-refractivity contribution is -0.127. The number of benzene rings is 1. The van der Waals surface area contributed by atoms with Crippen LogP contribution in [0.2, 0.25) is 0 Å². The van der Waals surface area contributed by atoms with Gasteiger partial charge in [-0.3, -0.25) is 9.36 Å². The van der Waals surface area contributed by atoms with Crippen molar-refractivity contribution in [1.29, 1.82) is 0 Å². The van der Waals surface area contributed by atoms with Crippen molar-refractivity contribution < 1.29 is 9.53 Å². The second-order valence-corrected chi connectivity index (χ2v) is 9.22. The Balaban J connectivity index is 1.37. The van der Waals surface area contributed by atoms with Crippen molar-refractivity contribution in [2.45, 2.75) is 49.7 Å². The van der Waals surface area contributed by atoms with E-state index in [2.05, 4.69) is 42.8 Å². The van der Waals surface area contributed by atoms with E-state index in [1.807, 2.05) is 18.2 Å². The predicted molar refractivity (Wildman–Crippen MR) is 122 cm³/mol. The molecule has 1 saturated heterocycles. The zero-order valence-corrected chi connectivity index (χ0v) is 18.6. The van der Waals surface area contributed by atoms with Gasteiger partial charge in [-0.1, -0.05) is 36.0 Å². The molecule has 2 aliphatic carbocycles. The largest absolute Gasteiger partial charge is 0.378 e. The molecule has 0 unspecified atom stereocenters. The van der Waals surface area contributed by atoms with Crippen LogP contribution >= 0.6 is 11.8 Å². The summed E-state index contributed by atoms with van der Waals surface area (Å²) in [6.45, 7) is 2.96. The fourth-order valence-electron chi connectivity index (χ4n) is 4.29. The first-order valence-corrected chi connectivity index (χ1v) is 12.3. The van der Waals surface area contributed by atoms with Crippen LogP contribution in [-0.4, -0.2) is 63.7 Å². The van der Waals surface area contributed by atoms with Gasteiger partial charge in [0.1, 0.15) is 0 Å². The van der Waals surface area contributed by atoms with Gasteiger partial charge < -0.3 is 14.5 Å². The lowest BCUT2D eigenvalue weighted by Crippen LogP contribution is -2.38. The Bertz CT molecular complexity index is 935. The minimum Gasteiger partial charge on any atom is -0.378 e. The molecule has 0 spiro atoms. The molecule has 31 heavy (non-hydrogen) atoms. The number of para-hydroxylation sites is 1. The van der Waals surface area contributed by atoms with Crippen LogP contribution in [-0.2, 0) is 9.53 Å². The van der Waals surface area contributed by atoms with E-state index >= 15 is 0 Å². The Morgan fingerprint density at radius 3 is 2.65 bits per heavy atom. The van der Waals surface area contributed by atoms with E-state index in [1.54, 1.807) is 0 Å². The average Bonchev–Trinajstić information content (AvgIpc) is 3.57. The fourth-order valence-corrected chi connectivity index (χ4v) is 5.10. The number of hydrogen-bond acceptors (Lipinski definition) is 6. The third kappa shape index (κ3) is 4.65. The summed E-state index contributed by atoms with van der Waals surface area (Å²) >= 11 is 1.49. The predicted octanol–water partition coefficient (Wildman–Crippen LogP) is 3.64. The molecule has 2 aromatic rings. The summed E-state index contributed by atoms with van der Waals surface area (Å²) in [7, 11) is 0. The first kappa shape index (κ1) is 20.6. The molecule has 0 bridgehead atoms. The topological polar surface area (TPSA) is 63.5 Å². The monoisotopic (exact) mass is 439 g/mol. The molecular formula is C23H29N5O2S. The number of ether oxygens (including phenoxy) is 1. The van der Waals surface area contributed by atoms with Crippen molar-refractivity contribution in [3.8, 4) is 5.69 Å². The van der Waals surface area contributed by atoms with Crippen molar-refractivity contribution in [1.82, 2.24) is 19.7 Å². The molecule has 1 amide bonds. The molecule has 0 atom stereocenters. The molecule has 0 N–H and O–H groups in total. The van der Waals surface area contributed by atoms with E-state index in [-0.39, 0.29) is 5.91 Å². The van der Waals surface area contributed by atoms with E-state index < -0.39 is 0 Å². The van der Waals surface area contributed by atoms with Gasteiger partial charge in [0.25, 0.3) is 0 Å². The highest BCUT2D eigenvalue weighted by Gasteiger charge is 2.35. The van der Waals surface area contributed by atoms with Gasteiger partial charge in [0.05, 0.1) is 24.7 Å². The molecule has 8 heteroatoms. The van der Waals surface area contributed by atoms with Crippen LogP contribution in [0.25, 0.3) is 5.69 Å². The summed E-state index contributed by atoms with van der Waals surface area (Å²) in [6.07, 6.45) is 9.03. The molecule has 7 nitrogen and oxygen atoms in total. The number of allylic oxidation sites excluding steroid dienone is 2. The van der Waals surface area contributed by atoms with Gasteiger partial charge in [-0.05, 0) is 50.7 Å². The highest BCUT2D eigenvalue weighted by molar-refractivity contribution is 7.99. The minimum atomic E-state index is 0.191. The molecule has 1 aromatic carbocycles. The number of carbonyl (C=O) groups excluding carboxylic acids is 1. The average molecular weight is 440 g/mol. The van der Waals surface area contributed by atoms with Gasteiger partial charge in [-0.15, -0.1) is 10.2 Å². The third-order valence-electron chi connectivity index (χ3n) is 6.01. The molecule has 1 aliphatic heterocycles. The SMILES string of the molecule is O=C(CSc1nnc(N2CCOCC2)n1-c1ccccc1)N(C1=CCCCC1)C1CC1. The normalized spacial score (nSPS) is 19.2. The van der Waals surface area contributed by atoms with Crippen LogP contribution in [0.15, 0.2) is 47.3 Å². The van der Waals surface area contributed by atoms with Crippen LogP contribution in [0.4, 0.5) is 5.95 Å².